The van der Waals surface area contributed by atoms with Crippen LogP contribution in [0.5, 0.6) is 0 Å². The van der Waals surface area contributed by atoms with Crippen molar-refractivity contribution >= 4 is 11.6 Å². The Balaban J connectivity index is 2.65. The minimum absolute atomic E-state index is 0.152. The quantitative estimate of drug-likeness (QED) is 0.750. The van der Waals surface area contributed by atoms with Gasteiger partial charge >= 0.3 is 0 Å². The maximum Gasteiger partial charge on any atom is 0.0240 e. The summed E-state index contributed by atoms with van der Waals surface area (Å²) in [6.07, 6.45) is 2.11. The predicted octanol–water partition coefficient (Wildman–Crippen LogP) is 4.19. The van der Waals surface area contributed by atoms with E-state index in [9.17, 15) is 0 Å². The molecular weight excluding hydrogens is 230 g/mol. The van der Waals surface area contributed by atoms with Crippen LogP contribution in [0.1, 0.15) is 43.4 Å². The Morgan fingerprint density at radius 3 is 2.24 bits per heavy atom. The fraction of sp³-hybridized carbons (Fsp3) is 0.600. The van der Waals surface area contributed by atoms with E-state index in [-0.39, 0.29) is 5.54 Å². The Bertz CT molecular complexity index is 342. The zero-order chi connectivity index (χ0) is 12.9. The normalized spacial score (nSPS) is 14.6. The number of alkyl halides is 1. The largest absolute Gasteiger partial charge is 0.307 e. The summed E-state index contributed by atoms with van der Waals surface area (Å²) in [6, 6.07) is 6.70. The van der Waals surface area contributed by atoms with E-state index >= 15 is 0 Å². The fourth-order valence-corrected chi connectivity index (χ4v) is 2.50. The van der Waals surface area contributed by atoms with Crippen molar-refractivity contribution in [1.82, 2.24) is 5.32 Å². The zero-order valence-corrected chi connectivity index (χ0v) is 12.2. The topological polar surface area (TPSA) is 12.0 Å². The summed E-state index contributed by atoms with van der Waals surface area (Å²) in [5.74, 6) is 0.712. The Kier molecular flexibility index (Phi) is 5.48. The minimum atomic E-state index is 0.152. The average Bonchev–Trinajstić information content (AvgIpc) is 2.26. The molecule has 1 nitrogen and oxygen atoms in total. The van der Waals surface area contributed by atoms with Gasteiger partial charge in [0.25, 0.3) is 0 Å². The van der Waals surface area contributed by atoms with Gasteiger partial charge in [-0.15, -0.1) is 11.6 Å². The molecule has 1 aromatic carbocycles. The molecule has 0 aliphatic rings. The molecule has 0 aromatic heterocycles. The van der Waals surface area contributed by atoms with Crippen LogP contribution in [0.4, 0.5) is 0 Å². The summed E-state index contributed by atoms with van der Waals surface area (Å²) in [7, 11) is 0. The second-order valence-electron chi connectivity index (χ2n) is 5.20. The van der Waals surface area contributed by atoms with E-state index in [1.807, 2.05) is 0 Å². The van der Waals surface area contributed by atoms with Gasteiger partial charge in [0, 0.05) is 18.0 Å². The summed E-state index contributed by atoms with van der Waals surface area (Å²) in [5, 5.41) is 3.63. The van der Waals surface area contributed by atoms with Crippen molar-refractivity contribution in [3.8, 4) is 0 Å². The lowest BCUT2D eigenvalue weighted by Crippen LogP contribution is -2.41. The highest BCUT2D eigenvalue weighted by Gasteiger charge is 2.20. The first-order valence-corrected chi connectivity index (χ1v) is 6.91. The molecule has 2 heteroatoms. The first-order valence-electron chi connectivity index (χ1n) is 6.37. The van der Waals surface area contributed by atoms with Crippen molar-refractivity contribution in [1.29, 1.82) is 0 Å². The average molecular weight is 254 g/mol. The summed E-state index contributed by atoms with van der Waals surface area (Å²) in [4.78, 5) is 0. The SMILES string of the molecule is CCC(C)(CCCl)NCc1cc(C)cc(C)c1. The second kappa shape index (κ2) is 6.42. The summed E-state index contributed by atoms with van der Waals surface area (Å²) in [5.41, 5.74) is 4.17. The molecule has 0 aliphatic carbocycles. The summed E-state index contributed by atoms with van der Waals surface area (Å²) < 4.78 is 0. The van der Waals surface area contributed by atoms with E-state index in [2.05, 4.69) is 51.2 Å². The lowest BCUT2D eigenvalue weighted by molar-refractivity contribution is 0.331. The molecule has 0 bridgehead atoms. The highest BCUT2D eigenvalue weighted by molar-refractivity contribution is 6.17. The van der Waals surface area contributed by atoms with Gasteiger partial charge in [0.1, 0.15) is 0 Å². The molecule has 17 heavy (non-hydrogen) atoms. The van der Waals surface area contributed by atoms with Crippen LogP contribution in [0.25, 0.3) is 0 Å². The van der Waals surface area contributed by atoms with Gasteiger partial charge < -0.3 is 5.32 Å². The molecule has 0 amide bonds. The molecule has 1 rings (SSSR count). The molecule has 1 N–H and O–H groups in total. The van der Waals surface area contributed by atoms with Gasteiger partial charge in [-0.1, -0.05) is 36.2 Å². The monoisotopic (exact) mass is 253 g/mol. The Hall–Kier alpha value is -0.530. The molecule has 1 aromatic rings. The highest BCUT2D eigenvalue weighted by Crippen LogP contribution is 2.17. The molecule has 0 saturated carbocycles. The molecule has 0 aliphatic heterocycles. The summed E-state index contributed by atoms with van der Waals surface area (Å²) in [6.45, 7) is 9.67. The number of hydrogen-bond acceptors (Lipinski definition) is 1. The number of aryl methyl sites for hydroxylation is 2. The zero-order valence-electron chi connectivity index (χ0n) is 11.4. The molecule has 0 saturated heterocycles. The van der Waals surface area contributed by atoms with E-state index in [0.29, 0.717) is 5.88 Å². The predicted molar refractivity (Wildman–Crippen MR) is 76.8 cm³/mol. The fourth-order valence-electron chi connectivity index (χ4n) is 2.09. The van der Waals surface area contributed by atoms with Crippen LogP contribution in [0.3, 0.4) is 0 Å². The molecule has 0 fully saturated rings. The second-order valence-corrected chi connectivity index (χ2v) is 5.58. The van der Waals surface area contributed by atoms with Gasteiger partial charge in [0.2, 0.25) is 0 Å². The number of benzene rings is 1. The van der Waals surface area contributed by atoms with Gasteiger partial charge in [0.15, 0.2) is 0 Å². The lowest BCUT2D eigenvalue weighted by atomic mass is 9.95. The molecule has 0 spiro atoms. The Morgan fingerprint density at radius 1 is 1.18 bits per heavy atom. The van der Waals surface area contributed by atoms with E-state index in [1.165, 1.54) is 16.7 Å². The van der Waals surface area contributed by atoms with Crippen LogP contribution in [0.15, 0.2) is 18.2 Å². The third-order valence-electron chi connectivity index (χ3n) is 3.43. The van der Waals surface area contributed by atoms with Crippen LogP contribution in [0, 0.1) is 13.8 Å². The van der Waals surface area contributed by atoms with Crippen LogP contribution in [-0.4, -0.2) is 11.4 Å². The lowest BCUT2D eigenvalue weighted by Gasteiger charge is -2.29. The van der Waals surface area contributed by atoms with Crippen molar-refractivity contribution < 1.29 is 0 Å². The molecule has 96 valence electrons. The number of nitrogens with one attached hydrogen (secondary N) is 1. The first-order chi connectivity index (χ1) is 7.99. The smallest absolute Gasteiger partial charge is 0.0240 e. The molecule has 1 atom stereocenters. The third kappa shape index (κ3) is 4.69. The van der Waals surface area contributed by atoms with Crippen molar-refractivity contribution in [2.75, 3.05) is 5.88 Å². The molecule has 1 unspecified atom stereocenters. The van der Waals surface area contributed by atoms with Crippen LogP contribution in [-0.2, 0) is 6.54 Å². The number of halogens is 1. The van der Waals surface area contributed by atoms with Crippen molar-refractivity contribution in [3.05, 3.63) is 34.9 Å². The maximum atomic E-state index is 5.86. The van der Waals surface area contributed by atoms with Gasteiger partial charge in [-0.25, -0.2) is 0 Å². The third-order valence-corrected chi connectivity index (χ3v) is 3.62. The van der Waals surface area contributed by atoms with Crippen LogP contribution >= 0.6 is 11.6 Å². The standard InChI is InChI=1S/C15H24ClN/c1-5-15(4,6-7-16)17-11-14-9-12(2)8-13(3)10-14/h8-10,17H,5-7,11H2,1-4H3. The molecule has 0 heterocycles. The van der Waals surface area contributed by atoms with E-state index in [4.69, 9.17) is 11.6 Å². The maximum absolute atomic E-state index is 5.86. The Labute approximate surface area is 111 Å². The van der Waals surface area contributed by atoms with Crippen molar-refractivity contribution in [2.45, 2.75) is 52.6 Å². The number of rotatable bonds is 6. The van der Waals surface area contributed by atoms with Crippen LogP contribution < -0.4 is 5.32 Å². The molecule has 0 radical (unpaired) electrons. The van der Waals surface area contributed by atoms with Crippen LogP contribution in [0.2, 0.25) is 0 Å². The highest BCUT2D eigenvalue weighted by atomic mass is 35.5. The minimum Gasteiger partial charge on any atom is -0.307 e. The molecular formula is C15H24ClN. The first kappa shape index (κ1) is 14.5. The van der Waals surface area contributed by atoms with Gasteiger partial charge in [-0.2, -0.15) is 0 Å². The van der Waals surface area contributed by atoms with E-state index in [1.54, 1.807) is 0 Å². The van der Waals surface area contributed by atoms with Crippen molar-refractivity contribution in [3.63, 3.8) is 0 Å². The van der Waals surface area contributed by atoms with Crippen molar-refractivity contribution in [2.24, 2.45) is 0 Å². The van der Waals surface area contributed by atoms with E-state index in [0.717, 1.165) is 19.4 Å². The van der Waals surface area contributed by atoms with Gasteiger partial charge in [0.05, 0.1) is 0 Å². The number of hydrogen-bond donors (Lipinski definition) is 1. The van der Waals surface area contributed by atoms with E-state index < -0.39 is 0 Å². The van der Waals surface area contributed by atoms with Gasteiger partial charge in [-0.3, -0.25) is 0 Å². The Morgan fingerprint density at radius 2 is 1.76 bits per heavy atom. The van der Waals surface area contributed by atoms with Gasteiger partial charge in [-0.05, 0) is 39.2 Å². The summed E-state index contributed by atoms with van der Waals surface area (Å²) >= 11 is 5.86.